The molecule has 0 fully saturated rings. The fraction of sp³-hybridized carbons (Fsp3) is 0.0526. The lowest BCUT2D eigenvalue weighted by Crippen LogP contribution is -2.14. The van der Waals surface area contributed by atoms with Crippen molar-refractivity contribution in [3.8, 4) is 11.8 Å². The summed E-state index contributed by atoms with van der Waals surface area (Å²) >= 11 is 0. The summed E-state index contributed by atoms with van der Waals surface area (Å²) in [5.74, 6) is 0.959. The van der Waals surface area contributed by atoms with Gasteiger partial charge in [-0.2, -0.15) is 5.26 Å². The highest BCUT2D eigenvalue weighted by atomic mass is 16.5. The first-order chi connectivity index (χ1) is 12.7. The van der Waals surface area contributed by atoms with Gasteiger partial charge in [-0.25, -0.2) is 0 Å². The fourth-order valence-corrected chi connectivity index (χ4v) is 2.30. The van der Waals surface area contributed by atoms with E-state index in [2.05, 4.69) is 26.9 Å². The molecule has 1 aromatic heterocycles. The molecule has 0 aliphatic carbocycles. The highest BCUT2D eigenvalue weighted by molar-refractivity contribution is 6.05. The zero-order chi connectivity index (χ0) is 18.4. The SMILES string of the molecule is COc1ccccc1C(=O)Nc1ccc(Nc2cccc(C#N)c2)nn1. The van der Waals surface area contributed by atoms with E-state index in [0.717, 1.165) is 5.69 Å². The Hall–Kier alpha value is -3.92. The molecule has 0 bridgehead atoms. The van der Waals surface area contributed by atoms with Crippen LogP contribution in [0.4, 0.5) is 17.3 Å². The summed E-state index contributed by atoms with van der Waals surface area (Å²) in [6.45, 7) is 0. The van der Waals surface area contributed by atoms with Gasteiger partial charge in [0, 0.05) is 5.69 Å². The molecule has 0 radical (unpaired) electrons. The zero-order valence-corrected chi connectivity index (χ0v) is 13.9. The molecule has 7 heteroatoms. The molecule has 128 valence electrons. The lowest BCUT2D eigenvalue weighted by molar-refractivity contribution is 0.102. The zero-order valence-electron chi connectivity index (χ0n) is 13.9. The van der Waals surface area contributed by atoms with Crippen LogP contribution in [0, 0.1) is 11.3 Å². The maximum absolute atomic E-state index is 12.3. The van der Waals surface area contributed by atoms with Crippen molar-refractivity contribution < 1.29 is 9.53 Å². The number of rotatable bonds is 5. The quantitative estimate of drug-likeness (QED) is 0.735. The predicted molar refractivity (Wildman–Crippen MR) is 97.4 cm³/mol. The molecular formula is C19H15N5O2. The van der Waals surface area contributed by atoms with Gasteiger partial charge in [-0.1, -0.05) is 18.2 Å². The van der Waals surface area contributed by atoms with Crippen LogP contribution in [-0.2, 0) is 0 Å². The minimum atomic E-state index is -0.334. The second-order valence-electron chi connectivity index (χ2n) is 5.28. The summed E-state index contributed by atoms with van der Waals surface area (Å²) < 4.78 is 5.18. The van der Waals surface area contributed by atoms with Gasteiger partial charge in [0.15, 0.2) is 11.6 Å². The Balaban J connectivity index is 1.69. The third-order valence-corrected chi connectivity index (χ3v) is 3.52. The molecule has 0 aliphatic rings. The maximum Gasteiger partial charge on any atom is 0.260 e. The summed E-state index contributed by atoms with van der Waals surface area (Å²) in [7, 11) is 1.51. The van der Waals surface area contributed by atoms with Gasteiger partial charge in [-0.15, -0.1) is 10.2 Å². The van der Waals surface area contributed by atoms with Crippen molar-refractivity contribution in [1.29, 1.82) is 5.26 Å². The number of carbonyl (C=O) groups excluding carboxylic acids is 1. The van der Waals surface area contributed by atoms with E-state index in [1.54, 1.807) is 54.6 Å². The number of hydrogen-bond donors (Lipinski definition) is 2. The number of aromatic nitrogens is 2. The van der Waals surface area contributed by atoms with Crippen molar-refractivity contribution in [3.63, 3.8) is 0 Å². The predicted octanol–water partition coefficient (Wildman–Crippen LogP) is 3.35. The Bertz CT molecular complexity index is 964. The van der Waals surface area contributed by atoms with Crippen LogP contribution in [0.1, 0.15) is 15.9 Å². The van der Waals surface area contributed by atoms with Crippen LogP contribution in [0.15, 0.2) is 60.7 Å². The average Bonchev–Trinajstić information content (AvgIpc) is 2.69. The Morgan fingerprint density at radius 3 is 2.54 bits per heavy atom. The van der Waals surface area contributed by atoms with Crippen LogP contribution >= 0.6 is 0 Å². The lowest BCUT2D eigenvalue weighted by Gasteiger charge is -2.09. The van der Waals surface area contributed by atoms with Crippen LogP contribution in [-0.4, -0.2) is 23.2 Å². The number of benzene rings is 2. The van der Waals surface area contributed by atoms with Crippen LogP contribution in [0.5, 0.6) is 5.75 Å². The van der Waals surface area contributed by atoms with E-state index in [9.17, 15) is 4.79 Å². The summed E-state index contributed by atoms with van der Waals surface area (Å²) in [6.07, 6.45) is 0. The van der Waals surface area contributed by atoms with Crippen molar-refractivity contribution in [3.05, 3.63) is 71.8 Å². The van der Waals surface area contributed by atoms with E-state index in [0.29, 0.717) is 28.5 Å². The molecule has 0 spiro atoms. The minimum absolute atomic E-state index is 0.317. The number of nitriles is 1. The topological polar surface area (TPSA) is 99.9 Å². The highest BCUT2D eigenvalue weighted by Gasteiger charge is 2.12. The first-order valence-electron chi connectivity index (χ1n) is 7.75. The summed E-state index contributed by atoms with van der Waals surface area (Å²) in [4.78, 5) is 12.3. The van der Waals surface area contributed by atoms with Crippen LogP contribution in [0.2, 0.25) is 0 Å². The number of nitrogens with zero attached hydrogens (tertiary/aromatic N) is 3. The molecule has 2 N–H and O–H groups in total. The lowest BCUT2D eigenvalue weighted by atomic mass is 10.2. The molecule has 3 rings (SSSR count). The van der Waals surface area contributed by atoms with Gasteiger partial charge in [-0.3, -0.25) is 4.79 Å². The smallest absolute Gasteiger partial charge is 0.260 e. The Kier molecular flexibility index (Phi) is 5.05. The van der Waals surface area contributed by atoms with Crippen molar-refractivity contribution >= 4 is 23.2 Å². The van der Waals surface area contributed by atoms with Gasteiger partial charge in [0.05, 0.1) is 24.3 Å². The third-order valence-electron chi connectivity index (χ3n) is 3.52. The number of carbonyl (C=O) groups is 1. The number of hydrogen-bond acceptors (Lipinski definition) is 6. The molecular weight excluding hydrogens is 330 g/mol. The molecule has 2 aromatic carbocycles. The molecule has 0 saturated heterocycles. The van der Waals surface area contributed by atoms with Crippen LogP contribution < -0.4 is 15.4 Å². The minimum Gasteiger partial charge on any atom is -0.496 e. The molecule has 0 unspecified atom stereocenters. The number of methoxy groups -OCH3 is 1. The molecule has 3 aromatic rings. The molecule has 7 nitrogen and oxygen atoms in total. The summed E-state index contributed by atoms with van der Waals surface area (Å²) in [5.41, 5.74) is 1.68. The summed E-state index contributed by atoms with van der Waals surface area (Å²) in [5, 5.41) is 22.7. The molecule has 0 atom stereocenters. The number of ether oxygens (including phenoxy) is 1. The fourth-order valence-electron chi connectivity index (χ4n) is 2.30. The van der Waals surface area contributed by atoms with Gasteiger partial charge in [0.2, 0.25) is 0 Å². The monoisotopic (exact) mass is 345 g/mol. The van der Waals surface area contributed by atoms with Crippen LogP contribution in [0.3, 0.4) is 0 Å². The Morgan fingerprint density at radius 1 is 1.04 bits per heavy atom. The van der Waals surface area contributed by atoms with Gasteiger partial charge >= 0.3 is 0 Å². The third kappa shape index (κ3) is 3.94. The van der Waals surface area contributed by atoms with Crippen molar-refractivity contribution in [2.24, 2.45) is 0 Å². The average molecular weight is 345 g/mol. The Morgan fingerprint density at radius 2 is 1.81 bits per heavy atom. The first-order valence-corrected chi connectivity index (χ1v) is 7.75. The largest absolute Gasteiger partial charge is 0.496 e. The molecule has 1 heterocycles. The molecule has 0 aliphatic heterocycles. The highest BCUT2D eigenvalue weighted by Crippen LogP contribution is 2.19. The normalized spacial score (nSPS) is 9.85. The van der Waals surface area contributed by atoms with Gasteiger partial charge in [0.25, 0.3) is 5.91 Å². The van der Waals surface area contributed by atoms with Crippen molar-refractivity contribution in [2.75, 3.05) is 17.7 Å². The van der Waals surface area contributed by atoms with Gasteiger partial charge in [0.1, 0.15) is 5.75 Å². The van der Waals surface area contributed by atoms with E-state index >= 15 is 0 Å². The van der Waals surface area contributed by atoms with Crippen molar-refractivity contribution in [1.82, 2.24) is 10.2 Å². The number of anilines is 3. The van der Waals surface area contributed by atoms with E-state index in [1.165, 1.54) is 7.11 Å². The van der Waals surface area contributed by atoms with Gasteiger partial charge in [-0.05, 0) is 42.5 Å². The number of nitrogens with one attached hydrogen (secondary N) is 2. The van der Waals surface area contributed by atoms with E-state index in [1.807, 2.05) is 6.07 Å². The van der Waals surface area contributed by atoms with E-state index in [4.69, 9.17) is 10.00 Å². The van der Waals surface area contributed by atoms with Gasteiger partial charge < -0.3 is 15.4 Å². The maximum atomic E-state index is 12.3. The molecule has 0 saturated carbocycles. The van der Waals surface area contributed by atoms with E-state index in [-0.39, 0.29) is 5.91 Å². The first kappa shape index (κ1) is 16.9. The second-order valence-corrected chi connectivity index (χ2v) is 5.28. The molecule has 1 amide bonds. The number of para-hydroxylation sites is 1. The number of amides is 1. The van der Waals surface area contributed by atoms with Crippen LogP contribution in [0.25, 0.3) is 0 Å². The van der Waals surface area contributed by atoms with E-state index < -0.39 is 0 Å². The second kappa shape index (κ2) is 7.77. The summed E-state index contributed by atoms with van der Waals surface area (Å²) in [6, 6.07) is 19.3. The standard InChI is InChI=1S/C19H15N5O2/c1-26-16-8-3-2-7-15(16)19(25)22-18-10-9-17(23-24-18)21-14-6-4-5-13(11-14)12-20/h2-11H,1H3,(H,21,23)(H,22,24,25). The van der Waals surface area contributed by atoms with Crippen molar-refractivity contribution in [2.45, 2.75) is 0 Å². The Labute approximate surface area is 150 Å². The molecule has 26 heavy (non-hydrogen) atoms.